The third-order valence-electron chi connectivity index (χ3n) is 3.72. The Morgan fingerprint density at radius 3 is 2.75 bits per heavy atom. The zero-order valence-electron chi connectivity index (χ0n) is 12.4. The van der Waals surface area contributed by atoms with Crippen LogP contribution in [0.1, 0.15) is 42.4 Å². The minimum atomic E-state index is -0.369. The van der Waals surface area contributed by atoms with E-state index in [-0.39, 0.29) is 5.97 Å². The fourth-order valence-electron chi connectivity index (χ4n) is 2.57. The van der Waals surface area contributed by atoms with Crippen LogP contribution in [0.15, 0.2) is 0 Å². The van der Waals surface area contributed by atoms with Crippen molar-refractivity contribution in [2.75, 3.05) is 32.0 Å². The number of hydrogen-bond acceptors (Lipinski definition) is 5. The SMILES string of the molecule is CCn1nc(C)c(N)c1C(=O)OCCCN1CCCC1. The quantitative estimate of drug-likeness (QED) is 0.630. The van der Waals surface area contributed by atoms with Crippen LogP contribution in [-0.2, 0) is 11.3 Å². The summed E-state index contributed by atoms with van der Waals surface area (Å²) in [4.78, 5) is 14.5. The van der Waals surface area contributed by atoms with E-state index in [0.29, 0.717) is 30.2 Å². The fraction of sp³-hybridized carbons (Fsp3) is 0.714. The Morgan fingerprint density at radius 2 is 2.10 bits per heavy atom. The first-order valence-electron chi connectivity index (χ1n) is 7.35. The number of nitrogen functional groups attached to an aromatic ring is 1. The lowest BCUT2D eigenvalue weighted by Crippen LogP contribution is -2.22. The lowest BCUT2D eigenvalue weighted by molar-refractivity contribution is 0.0478. The highest BCUT2D eigenvalue weighted by Crippen LogP contribution is 2.17. The second-order valence-corrected chi connectivity index (χ2v) is 5.20. The normalized spacial score (nSPS) is 15.7. The van der Waals surface area contributed by atoms with Gasteiger partial charge in [0.2, 0.25) is 0 Å². The molecule has 6 heteroatoms. The number of esters is 1. The number of rotatable bonds is 6. The lowest BCUT2D eigenvalue weighted by Gasteiger charge is -2.14. The van der Waals surface area contributed by atoms with E-state index < -0.39 is 0 Å². The first-order chi connectivity index (χ1) is 9.63. The molecule has 1 aromatic rings. The Morgan fingerprint density at radius 1 is 1.40 bits per heavy atom. The Bertz CT molecular complexity index is 464. The van der Waals surface area contributed by atoms with Gasteiger partial charge in [-0.05, 0) is 46.2 Å². The number of nitrogens with zero attached hydrogens (tertiary/aromatic N) is 3. The molecule has 0 aromatic carbocycles. The van der Waals surface area contributed by atoms with Crippen molar-refractivity contribution in [2.45, 2.75) is 39.7 Å². The number of carbonyl (C=O) groups excluding carboxylic acids is 1. The predicted molar refractivity (Wildman–Crippen MR) is 77.6 cm³/mol. The van der Waals surface area contributed by atoms with Gasteiger partial charge in [-0.15, -0.1) is 0 Å². The molecular formula is C14H24N4O2. The molecule has 2 N–H and O–H groups in total. The molecule has 0 spiro atoms. The zero-order valence-corrected chi connectivity index (χ0v) is 12.4. The minimum absolute atomic E-state index is 0.369. The first-order valence-corrected chi connectivity index (χ1v) is 7.35. The molecule has 0 atom stereocenters. The molecular weight excluding hydrogens is 256 g/mol. The van der Waals surface area contributed by atoms with Gasteiger partial charge >= 0.3 is 5.97 Å². The highest BCUT2D eigenvalue weighted by atomic mass is 16.5. The molecule has 20 heavy (non-hydrogen) atoms. The van der Waals surface area contributed by atoms with Crippen LogP contribution in [0.25, 0.3) is 0 Å². The summed E-state index contributed by atoms with van der Waals surface area (Å²) < 4.78 is 6.92. The van der Waals surface area contributed by atoms with E-state index in [4.69, 9.17) is 10.5 Å². The number of likely N-dealkylation sites (tertiary alicyclic amines) is 1. The van der Waals surface area contributed by atoms with Gasteiger partial charge in [0.1, 0.15) is 0 Å². The van der Waals surface area contributed by atoms with Gasteiger partial charge < -0.3 is 15.4 Å². The Hall–Kier alpha value is -1.56. The van der Waals surface area contributed by atoms with Crippen molar-refractivity contribution in [1.29, 1.82) is 0 Å². The van der Waals surface area contributed by atoms with Gasteiger partial charge in [-0.3, -0.25) is 4.68 Å². The van der Waals surface area contributed by atoms with Gasteiger partial charge in [0, 0.05) is 13.1 Å². The molecule has 112 valence electrons. The van der Waals surface area contributed by atoms with Crippen LogP contribution in [0.4, 0.5) is 5.69 Å². The average molecular weight is 280 g/mol. The Kier molecular flexibility index (Phi) is 5.00. The van der Waals surface area contributed by atoms with Crippen LogP contribution in [0.5, 0.6) is 0 Å². The number of aryl methyl sites for hydroxylation is 2. The summed E-state index contributed by atoms with van der Waals surface area (Å²) in [7, 11) is 0. The van der Waals surface area contributed by atoms with Crippen LogP contribution in [0.2, 0.25) is 0 Å². The molecule has 0 amide bonds. The summed E-state index contributed by atoms with van der Waals surface area (Å²) in [5.74, 6) is -0.369. The van der Waals surface area contributed by atoms with E-state index in [2.05, 4.69) is 10.00 Å². The number of anilines is 1. The maximum absolute atomic E-state index is 12.1. The molecule has 0 radical (unpaired) electrons. The van der Waals surface area contributed by atoms with E-state index in [9.17, 15) is 4.79 Å². The summed E-state index contributed by atoms with van der Waals surface area (Å²) in [5.41, 5.74) is 7.38. The maximum atomic E-state index is 12.1. The predicted octanol–water partition coefficient (Wildman–Crippen LogP) is 1.44. The molecule has 0 unspecified atom stereocenters. The van der Waals surface area contributed by atoms with Crippen molar-refractivity contribution < 1.29 is 9.53 Å². The number of carbonyl (C=O) groups is 1. The number of ether oxygens (including phenoxy) is 1. The molecule has 1 aromatic heterocycles. The monoisotopic (exact) mass is 280 g/mol. The van der Waals surface area contributed by atoms with Crippen molar-refractivity contribution in [3.05, 3.63) is 11.4 Å². The van der Waals surface area contributed by atoms with E-state index in [0.717, 1.165) is 13.0 Å². The number of aromatic nitrogens is 2. The van der Waals surface area contributed by atoms with Gasteiger partial charge in [-0.25, -0.2) is 4.79 Å². The largest absolute Gasteiger partial charge is 0.461 e. The van der Waals surface area contributed by atoms with Crippen molar-refractivity contribution in [3.63, 3.8) is 0 Å². The van der Waals surface area contributed by atoms with Crippen LogP contribution in [0.3, 0.4) is 0 Å². The number of hydrogen-bond donors (Lipinski definition) is 1. The van der Waals surface area contributed by atoms with Crippen molar-refractivity contribution >= 4 is 11.7 Å². The molecule has 1 fully saturated rings. The molecule has 1 aliphatic heterocycles. The van der Waals surface area contributed by atoms with Gasteiger partial charge in [-0.2, -0.15) is 5.10 Å². The third kappa shape index (κ3) is 3.30. The van der Waals surface area contributed by atoms with Crippen LogP contribution < -0.4 is 5.73 Å². The minimum Gasteiger partial charge on any atom is -0.461 e. The van der Waals surface area contributed by atoms with E-state index in [1.807, 2.05) is 6.92 Å². The van der Waals surface area contributed by atoms with Crippen LogP contribution in [0, 0.1) is 6.92 Å². The summed E-state index contributed by atoms with van der Waals surface area (Å²) in [6.45, 7) is 8.10. The average Bonchev–Trinajstić information content (AvgIpc) is 3.04. The molecule has 2 heterocycles. The summed E-state index contributed by atoms with van der Waals surface area (Å²) >= 11 is 0. The van der Waals surface area contributed by atoms with Crippen molar-refractivity contribution in [3.8, 4) is 0 Å². The Labute approximate surface area is 119 Å². The molecule has 1 saturated heterocycles. The second kappa shape index (κ2) is 6.74. The highest BCUT2D eigenvalue weighted by molar-refractivity contribution is 5.93. The Balaban J connectivity index is 1.82. The smallest absolute Gasteiger partial charge is 0.358 e. The van der Waals surface area contributed by atoms with Crippen molar-refractivity contribution in [1.82, 2.24) is 14.7 Å². The standard InChI is InChI=1S/C14H24N4O2/c1-3-18-13(12(15)11(2)16-18)14(19)20-10-6-9-17-7-4-5-8-17/h3-10,15H2,1-2H3. The molecule has 1 aliphatic rings. The van der Waals surface area contributed by atoms with Gasteiger partial charge in [-0.1, -0.05) is 0 Å². The summed E-state index contributed by atoms with van der Waals surface area (Å²) in [6, 6.07) is 0. The first kappa shape index (κ1) is 14.8. The summed E-state index contributed by atoms with van der Waals surface area (Å²) in [5, 5.41) is 4.22. The molecule has 0 saturated carbocycles. The summed E-state index contributed by atoms with van der Waals surface area (Å²) in [6.07, 6.45) is 3.43. The van der Waals surface area contributed by atoms with Crippen molar-refractivity contribution in [2.24, 2.45) is 0 Å². The van der Waals surface area contributed by atoms with Crippen LogP contribution >= 0.6 is 0 Å². The topological polar surface area (TPSA) is 73.4 Å². The third-order valence-corrected chi connectivity index (χ3v) is 3.72. The molecule has 2 rings (SSSR count). The van der Waals surface area contributed by atoms with Gasteiger partial charge in [0.25, 0.3) is 0 Å². The molecule has 0 aliphatic carbocycles. The zero-order chi connectivity index (χ0) is 14.5. The van der Waals surface area contributed by atoms with E-state index in [1.54, 1.807) is 11.6 Å². The molecule has 6 nitrogen and oxygen atoms in total. The fourth-order valence-corrected chi connectivity index (χ4v) is 2.57. The van der Waals surface area contributed by atoms with Gasteiger partial charge in [0.05, 0.1) is 18.0 Å². The van der Waals surface area contributed by atoms with E-state index in [1.165, 1.54) is 25.9 Å². The van der Waals surface area contributed by atoms with Gasteiger partial charge in [0.15, 0.2) is 5.69 Å². The van der Waals surface area contributed by atoms with E-state index >= 15 is 0 Å². The number of nitrogens with two attached hydrogens (primary N) is 1. The molecule has 0 bridgehead atoms. The maximum Gasteiger partial charge on any atom is 0.358 e. The second-order valence-electron chi connectivity index (χ2n) is 5.20. The lowest BCUT2D eigenvalue weighted by atomic mass is 10.3. The highest BCUT2D eigenvalue weighted by Gasteiger charge is 2.20. The van der Waals surface area contributed by atoms with Crippen LogP contribution in [-0.4, -0.2) is 46.9 Å².